The third-order valence-electron chi connectivity index (χ3n) is 16.4. The van der Waals surface area contributed by atoms with Gasteiger partial charge in [0.25, 0.3) is 17.1 Å². The molecule has 0 spiro atoms. The van der Waals surface area contributed by atoms with Crippen molar-refractivity contribution in [3.63, 3.8) is 0 Å². The molecule has 0 amide bonds. The molecule has 8 aromatic rings. The second kappa shape index (κ2) is 24.5. The number of nitrogen functional groups attached to an aromatic ring is 4. The second-order valence-electron chi connectivity index (χ2n) is 22.7. The number of phosphoric ester groups is 4. The molecule has 6 aliphatic heterocycles. The Balaban J connectivity index is 0.674. The summed E-state index contributed by atoms with van der Waals surface area (Å²) < 4.78 is 151. The van der Waals surface area contributed by atoms with Crippen molar-refractivity contribution in [3.8, 4) is 0 Å². The van der Waals surface area contributed by atoms with Gasteiger partial charge in [-0.3, -0.25) is 65.0 Å². The number of ether oxygens (including phenoxy) is 6. The van der Waals surface area contributed by atoms with Crippen LogP contribution in [-0.2, 0) is 94.1 Å². The molecule has 19 N–H and O–H groups in total. The van der Waals surface area contributed by atoms with Gasteiger partial charge in [0, 0.05) is 0 Å². The maximum Gasteiger partial charge on any atom is 0.490 e. The van der Waals surface area contributed by atoms with Gasteiger partial charge in [-0.1, -0.05) is 4.98 Å². The van der Waals surface area contributed by atoms with Crippen LogP contribution in [0.5, 0.6) is 0 Å². The third kappa shape index (κ3) is 12.2. The average molecular weight is 1490 g/mol. The Morgan fingerprint density at radius 1 is 0.571 bits per heavy atom. The number of fused-ring (bicyclic) bond motifs is 8. The van der Waals surface area contributed by atoms with Gasteiger partial charge in [-0.15, -0.1) is 0 Å². The number of nitrogens with one attached hydrogen (secondary N) is 2. The molecule has 8 aromatic heterocycles. The third-order valence-corrected chi connectivity index (χ3v) is 22.5. The van der Waals surface area contributed by atoms with E-state index in [4.69, 9.17) is 78.5 Å². The van der Waals surface area contributed by atoms with E-state index in [1.54, 1.807) is 0 Å². The minimum atomic E-state index is -6.31. The average Bonchev–Trinajstić information content (AvgIpc) is 1.57. The summed E-state index contributed by atoms with van der Waals surface area (Å²) in [6.45, 7) is -6.10. The van der Waals surface area contributed by atoms with Crippen molar-refractivity contribution < 1.29 is 136 Å². The molecular weight excluding hydrogens is 1430 g/mol. The highest BCUT2D eigenvalue weighted by Crippen LogP contribution is 2.69. The van der Waals surface area contributed by atoms with Crippen LogP contribution in [0.4, 0.5) is 23.5 Å². The summed E-state index contributed by atoms with van der Waals surface area (Å²) in [5.74, 6) is -0.862. The van der Waals surface area contributed by atoms with Crippen LogP contribution in [0.3, 0.4) is 0 Å². The van der Waals surface area contributed by atoms with E-state index in [-0.39, 0.29) is 68.2 Å². The zero-order valence-corrected chi connectivity index (χ0v) is 53.7. The van der Waals surface area contributed by atoms with Crippen molar-refractivity contribution >= 4 is 107 Å². The number of imidazole rings is 4. The fourth-order valence-electron chi connectivity index (χ4n) is 12.0. The fraction of sp³-hybridized carbons (Fsp3) is 0.535. The topological polar surface area (TPSA) is 706 Å². The van der Waals surface area contributed by atoms with E-state index in [1.807, 2.05) is 0 Å². The smallest absolute Gasteiger partial charge is 0.387 e. The highest BCUT2D eigenvalue weighted by atomic mass is 31.3. The number of H-pyrrole nitrogens is 2. The summed E-state index contributed by atoms with van der Waals surface area (Å²) in [5.41, 5.74) is 16.9. The number of aromatic amines is 2. The lowest BCUT2D eigenvalue weighted by molar-refractivity contribution is -0.745. The lowest BCUT2D eigenvalue weighted by Crippen LogP contribution is -2.47. The molecule has 14 heterocycles. The summed E-state index contributed by atoms with van der Waals surface area (Å²) in [7, 11) is -28.1. The molecular formula is C43H54N20O30P5+. The maximum absolute atomic E-state index is 14.6. The summed E-state index contributed by atoms with van der Waals surface area (Å²) >= 11 is 0. The molecule has 0 aromatic carbocycles. The summed E-state index contributed by atoms with van der Waals surface area (Å²) in [6, 6.07) is 0. The number of aryl methyl sites for hydroxylation is 1. The number of rotatable bonds is 24. The molecule has 0 aliphatic carbocycles. The van der Waals surface area contributed by atoms with Crippen molar-refractivity contribution in [1.82, 2.24) is 73.1 Å². The number of nitrogens with two attached hydrogens (primary N) is 4. The summed E-state index contributed by atoms with van der Waals surface area (Å²) in [4.78, 5) is 121. The van der Waals surface area contributed by atoms with Crippen molar-refractivity contribution in [2.24, 2.45) is 7.05 Å². The molecule has 9 unspecified atom stereocenters. The standard InChI is InChI=1S/C43H53N20O30P5/c1-59-13-63(33-19(59)35(69)58-41(47)56-33)37-23(67)21(65)15(87-37)3-83-96(74,75)92-98(78,79)93-97(76,77)85-7-43-5-81-25(39(89-43)61-11-53-17-29(45)49-9-51-31(17)61)27(43)91-95(72,73)84-6-42-4-80-24(38(88-42)60-10-52-16-28(44)48-8-50-30(16)60)26(42)90-94(70,71)82-2-14-20(64)22(66)36(86-14)62-12-54-18-32(62)55-40(46)57-34(18)68/h8-15,20-27,36-39,64-67H,2-7H2,1H3,(H14-,44,45,46,47,48,49,50,51,55,56,57,58,68,69,70,71,72,73,74,75,76,77,78,79)/p+1/t14-,15-,20?,21+,22+,23?,24+,25+,26?,27?,36-,37-,38-,39-,42-,43-/m1/s1. The van der Waals surface area contributed by atoms with Gasteiger partial charge in [-0.25, -0.2) is 62.3 Å². The van der Waals surface area contributed by atoms with Crippen LogP contribution >= 0.6 is 39.1 Å². The number of hydrogen-bond donors (Lipinski definition) is 15. The molecule has 98 heavy (non-hydrogen) atoms. The Hall–Kier alpha value is -6.77. The van der Waals surface area contributed by atoms with Gasteiger partial charge in [-0.05, 0) is 0 Å². The van der Waals surface area contributed by atoms with Crippen molar-refractivity contribution in [3.05, 3.63) is 58.7 Å². The molecule has 6 saturated heterocycles. The van der Waals surface area contributed by atoms with Gasteiger partial charge >= 0.3 is 44.8 Å². The number of aliphatic hydroxyl groups is 4. The van der Waals surface area contributed by atoms with Crippen LogP contribution in [0.15, 0.2) is 47.6 Å². The van der Waals surface area contributed by atoms with E-state index in [9.17, 15) is 77.3 Å². The molecule has 21 atom stereocenters. The van der Waals surface area contributed by atoms with Gasteiger partial charge < -0.3 is 96.2 Å². The van der Waals surface area contributed by atoms with Crippen LogP contribution in [0, 0.1) is 0 Å². The molecule has 50 nitrogen and oxygen atoms in total. The minimum absolute atomic E-state index is 0.00602. The number of hydrogen-bond acceptors (Lipinski definition) is 38. The molecule has 6 fully saturated rings. The normalized spacial score (nSPS) is 33.1. The van der Waals surface area contributed by atoms with Gasteiger partial charge in [0.05, 0.1) is 65.7 Å². The van der Waals surface area contributed by atoms with Crippen molar-refractivity contribution in [2.75, 3.05) is 62.6 Å². The van der Waals surface area contributed by atoms with Crippen LogP contribution in [0.1, 0.15) is 24.9 Å². The van der Waals surface area contributed by atoms with Crippen molar-refractivity contribution in [2.45, 2.75) is 97.2 Å². The lowest BCUT2D eigenvalue weighted by Gasteiger charge is -2.33. The summed E-state index contributed by atoms with van der Waals surface area (Å²) in [5, 5.41) is 43.8. The number of aliphatic hydroxyl groups excluding tert-OH is 4. The minimum Gasteiger partial charge on any atom is -0.387 e. The Bertz CT molecular complexity index is 4870. The lowest BCUT2D eigenvalue weighted by atomic mass is 10.0. The number of phosphoric acid groups is 5. The quantitative estimate of drug-likeness (QED) is 0.0198. The zero-order chi connectivity index (χ0) is 69.7. The summed E-state index contributed by atoms with van der Waals surface area (Å²) in [6.07, 6.45) is -16.9. The molecule has 14 rings (SSSR count). The van der Waals surface area contributed by atoms with Crippen molar-refractivity contribution in [1.29, 1.82) is 0 Å². The first-order valence-electron chi connectivity index (χ1n) is 28.1. The van der Waals surface area contributed by atoms with Gasteiger partial charge in [0.1, 0.15) is 95.9 Å². The first-order valence-corrected chi connectivity index (χ1v) is 35.6. The Morgan fingerprint density at radius 3 is 1.61 bits per heavy atom. The van der Waals surface area contributed by atoms with Crippen LogP contribution < -0.4 is 38.6 Å². The molecule has 55 heteroatoms. The van der Waals surface area contributed by atoms with E-state index >= 15 is 0 Å². The van der Waals surface area contributed by atoms with Gasteiger partial charge in [0.2, 0.25) is 17.7 Å². The highest BCUT2D eigenvalue weighted by molar-refractivity contribution is 7.66. The molecule has 6 aliphatic rings. The largest absolute Gasteiger partial charge is 0.490 e. The number of nitrogens with zero attached hydrogens (tertiary/aromatic N) is 14. The molecule has 4 bridgehead atoms. The highest BCUT2D eigenvalue weighted by Gasteiger charge is 2.68. The van der Waals surface area contributed by atoms with E-state index in [0.717, 1.165) is 34.4 Å². The SMILES string of the molecule is Cn1c[n+]([C@@H]2O[C@H](COP(=O)(O)OP(=O)(O)OP(=O)(O)OC[C@]34CO[C@@H](C3OP(=O)(O)OC[C@]35CO[C@@H](C3OP(=O)(O)OC[C@H]3O[C@@H](n6cnc7c(=O)[nH]c(N)nc76)[C@@H](O)C3O)[C@H](n3cnc6c(N)ncnc63)O5)[C@H](n3cnc5c(N)ncnc53)O4)[C@H](O)C2O)c2nc(N)[nH]c(=O)c21. The monoisotopic (exact) mass is 1490 g/mol. The van der Waals surface area contributed by atoms with Gasteiger partial charge in [-0.2, -0.15) is 13.6 Å². The van der Waals surface area contributed by atoms with Crippen LogP contribution in [-0.4, -0.2) is 230 Å². The Morgan fingerprint density at radius 2 is 1.04 bits per heavy atom. The van der Waals surface area contributed by atoms with E-state index < -0.39 is 187 Å². The van der Waals surface area contributed by atoms with E-state index in [0.29, 0.717) is 0 Å². The fourth-order valence-corrected chi connectivity index (χ4v) is 17.6. The molecule has 0 saturated carbocycles. The number of anilines is 4. The van der Waals surface area contributed by atoms with E-state index in [1.165, 1.54) is 33.4 Å². The molecule has 0 radical (unpaired) electrons. The maximum atomic E-state index is 14.6. The second-order valence-corrected chi connectivity index (χ2v) is 30.1. The zero-order valence-electron chi connectivity index (χ0n) is 49.2. The predicted octanol–water partition coefficient (Wildman–Crippen LogP) is -5.37. The predicted molar refractivity (Wildman–Crippen MR) is 310 cm³/mol. The molecule has 530 valence electrons. The Kier molecular flexibility index (Phi) is 17.1. The van der Waals surface area contributed by atoms with Crippen LogP contribution in [0.25, 0.3) is 44.7 Å². The van der Waals surface area contributed by atoms with Crippen LogP contribution in [0.2, 0.25) is 0 Å². The van der Waals surface area contributed by atoms with Gasteiger partial charge in [0.15, 0.2) is 59.1 Å². The van der Waals surface area contributed by atoms with E-state index in [2.05, 4.69) is 63.4 Å². The Labute approximate surface area is 540 Å². The first kappa shape index (κ1) is 68.4. The number of aromatic nitrogens is 16. The first-order chi connectivity index (χ1) is 46.1.